The normalized spacial score (nSPS) is 14.3. The van der Waals surface area contributed by atoms with Gasteiger partial charge < -0.3 is 16.4 Å². The monoisotopic (exact) mass is 410 g/mol. The molecule has 116 valence electrons. The summed E-state index contributed by atoms with van der Waals surface area (Å²) in [4.78, 5) is 15.2. The third-order valence-electron chi connectivity index (χ3n) is 2.83. The molecule has 2 rings (SSSR count). The van der Waals surface area contributed by atoms with Crippen molar-refractivity contribution in [1.29, 1.82) is 0 Å². The van der Waals surface area contributed by atoms with Gasteiger partial charge in [-0.05, 0) is 25.0 Å². The van der Waals surface area contributed by atoms with E-state index in [4.69, 9.17) is 5.73 Å². The van der Waals surface area contributed by atoms with E-state index < -0.39 is 11.6 Å². The van der Waals surface area contributed by atoms with Crippen molar-refractivity contribution in [2.45, 2.75) is 12.8 Å². The van der Waals surface area contributed by atoms with Crippen LogP contribution in [0.2, 0.25) is 0 Å². The van der Waals surface area contributed by atoms with Crippen LogP contribution in [0, 0.1) is 17.6 Å². The fraction of sp³-hybridized carbons (Fsp3) is 0.385. The van der Waals surface area contributed by atoms with Crippen molar-refractivity contribution < 1.29 is 13.6 Å². The summed E-state index contributed by atoms with van der Waals surface area (Å²) in [6, 6.07) is 3.01. The quantitative estimate of drug-likeness (QED) is 0.300. The van der Waals surface area contributed by atoms with E-state index in [0.29, 0.717) is 6.54 Å². The first-order valence-electron chi connectivity index (χ1n) is 6.36. The van der Waals surface area contributed by atoms with Crippen LogP contribution in [0.5, 0.6) is 0 Å². The van der Waals surface area contributed by atoms with Crippen LogP contribution in [0.15, 0.2) is 23.2 Å². The van der Waals surface area contributed by atoms with Gasteiger partial charge in [0, 0.05) is 18.5 Å². The topological polar surface area (TPSA) is 79.5 Å². The molecule has 1 amide bonds. The van der Waals surface area contributed by atoms with Crippen molar-refractivity contribution in [2.24, 2.45) is 16.6 Å². The van der Waals surface area contributed by atoms with Crippen LogP contribution in [-0.2, 0) is 4.79 Å². The highest BCUT2D eigenvalue weighted by Gasteiger charge is 2.28. The molecule has 8 heteroatoms. The zero-order chi connectivity index (χ0) is 14.5. The lowest BCUT2D eigenvalue weighted by Gasteiger charge is -2.07. The van der Waals surface area contributed by atoms with Crippen molar-refractivity contribution >= 4 is 41.5 Å². The molecule has 1 aromatic carbocycles. The van der Waals surface area contributed by atoms with E-state index in [-0.39, 0.29) is 54.0 Å². The zero-order valence-corrected chi connectivity index (χ0v) is 13.6. The molecule has 1 aliphatic carbocycles. The highest BCUT2D eigenvalue weighted by molar-refractivity contribution is 14.0. The molecule has 0 spiro atoms. The van der Waals surface area contributed by atoms with E-state index in [1.54, 1.807) is 0 Å². The Morgan fingerprint density at radius 1 is 1.38 bits per heavy atom. The number of rotatable bonds is 5. The molecule has 0 aliphatic heterocycles. The van der Waals surface area contributed by atoms with Gasteiger partial charge in [0.25, 0.3) is 0 Å². The zero-order valence-electron chi connectivity index (χ0n) is 11.2. The lowest BCUT2D eigenvalue weighted by Crippen LogP contribution is -2.29. The van der Waals surface area contributed by atoms with E-state index in [1.165, 1.54) is 0 Å². The number of halogens is 3. The van der Waals surface area contributed by atoms with Gasteiger partial charge in [0.2, 0.25) is 5.91 Å². The Labute approximate surface area is 138 Å². The summed E-state index contributed by atoms with van der Waals surface area (Å²) in [7, 11) is 0. The molecule has 0 unspecified atom stereocenters. The van der Waals surface area contributed by atoms with E-state index >= 15 is 0 Å². The summed E-state index contributed by atoms with van der Waals surface area (Å²) >= 11 is 0. The Morgan fingerprint density at radius 2 is 2.10 bits per heavy atom. The number of carbonyl (C=O) groups is 1. The lowest BCUT2D eigenvalue weighted by molar-refractivity contribution is -0.122. The minimum Gasteiger partial charge on any atom is -0.370 e. The number of nitrogens with two attached hydrogens (primary N) is 1. The van der Waals surface area contributed by atoms with Crippen molar-refractivity contribution in [1.82, 2.24) is 5.32 Å². The average Bonchev–Trinajstić information content (AvgIpc) is 3.23. The number of hydrogen-bond acceptors (Lipinski definition) is 2. The fourth-order valence-corrected chi connectivity index (χ4v) is 1.62. The molecule has 0 saturated heterocycles. The van der Waals surface area contributed by atoms with Gasteiger partial charge in [-0.1, -0.05) is 0 Å². The molecule has 1 fully saturated rings. The smallest absolute Gasteiger partial charge is 0.223 e. The predicted octanol–water partition coefficient (Wildman–Crippen LogP) is 1.84. The molecule has 5 nitrogen and oxygen atoms in total. The summed E-state index contributed by atoms with van der Waals surface area (Å²) in [6.07, 6.45) is 1.88. The SMILES string of the molecule is I.NC(=NCCNC(=O)C1CC1)Nc1cc(F)ccc1F. The first kappa shape index (κ1) is 17.6. The highest BCUT2D eigenvalue weighted by atomic mass is 127. The molecule has 4 N–H and O–H groups in total. The first-order valence-corrected chi connectivity index (χ1v) is 6.36. The van der Waals surface area contributed by atoms with Crippen LogP contribution < -0.4 is 16.4 Å². The average molecular weight is 410 g/mol. The minimum absolute atomic E-state index is 0. The second-order valence-electron chi connectivity index (χ2n) is 4.58. The van der Waals surface area contributed by atoms with Crippen LogP contribution in [0.1, 0.15) is 12.8 Å². The number of carbonyl (C=O) groups excluding carboxylic acids is 1. The van der Waals surface area contributed by atoms with E-state index in [1.807, 2.05) is 0 Å². The Morgan fingerprint density at radius 3 is 2.76 bits per heavy atom. The lowest BCUT2D eigenvalue weighted by atomic mass is 10.3. The van der Waals surface area contributed by atoms with Crippen LogP contribution in [0.25, 0.3) is 0 Å². The number of nitrogens with one attached hydrogen (secondary N) is 2. The van der Waals surface area contributed by atoms with Gasteiger partial charge >= 0.3 is 0 Å². The number of nitrogens with zero attached hydrogens (tertiary/aromatic N) is 1. The number of anilines is 1. The first-order chi connectivity index (χ1) is 9.56. The second kappa shape index (κ2) is 8.11. The summed E-state index contributed by atoms with van der Waals surface area (Å²) < 4.78 is 26.3. The molecule has 0 atom stereocenters. The van der Waals surface area contributed by atoms with Gasteiger partial charge in [0.15, 0.2) is 5.96 Å². The molecule has 1 aliphatic rings. The maximum atomic E-state index is 13.3. The molecule has 0 aromatic heterocycles. The molecule has 0 heterocycles. The third-order valence-corrected chi connectivity index (χ3v) is 2.83. The molecular formula is C13H17F2IN4O. The Kier molecular flexibility index (Phi) is 6.79. The van der Waals surface area contributed by atoms with Crippen molar-refractivity contribution in [3.05, 3.63) is 29.8 Å². The summed E-state index contributed by atoms with van der Waals surface area (Å²) in [5.41, 5.74) is 5.48. The van der Waals surface area contributed by atoms with E-state index in [9.17, 15) is 13.6 Å². The Hall–Kier alpha value is -1.45. The van der Waals surface area contributed by atoms with Gasteiger partial charge in [0.05, 0.1) is 12.2 Å². The minimum atomic E-state index is -0.619. The number of amides is 1. The number of guanidine groups is 1. The molecular weight excluding hydrogens is 393 g/mol. The summed E-state index contributed by atoms with van der Waals surface area (Å²) in [6.45, 7) is 0.636. The van der Waals surface area contributed by atoms with Gasteiger partial charge in [0.1, 0.15) is 11.6 Å². The van der Waals surface area contributed by atoms with Crippen LogP contribution >= 0.6 is 24.0 Å². The molecule has 1 saturated carbocycles. The van der Waals surface area contributed by atoms with Gasteiger partial charge in [-0.25, -0.2) is 8.78 Å². The van der Waals surface area contributed by atoms with Gasteiger partial charge in [-0.2, -0.15) is 0 Å². The summed E-state index contributed by atoms with van der Waals surface area (Å²) in [5, 5.41) is 5.20. The second-order valence-corrected chi connectivity index (χ2v) is 4.58. The van der Waals surface area contributed by atoms with Crippen molar-refractivity contribution in [3.63, 3.8) is 0 Å². The van der Waals surface area contributed by atoms with Gasteiger partial charge in [-0.3, -0.25) is 9.79 Å². The molecule has 0 radical (unpaired) electrons. The van der Waals surface area contributed by atoms with Gasteiger partial charge in [-0.15, -0.1) is 24.0 Å². The maximum Gasteiger partial charge on any atom is 0.223 e. The number of hydrogen-bond donors (Lipinski definition) is 3. The van der Waals surface area contributed by atoms with Crippen molar-refractivity contribution in [2.75, 3.05) is 18.4 Å². The fourth-order valence-electron chi connectivity index (χ4n) is 1.62. The molecule has 1 aromatic rings. The largest absolute Gasteiger partial charge is 0.370 e. The van der Waals surface area contributed by atoms with E-state index in [2.05, 4.69) is 15.6 Å². The highest BCUT2D eigenvalue weighted by Crippen LogP contribution is 2.28. The predicted molar refractivity (Wildman–Crippen MR) is 87.6 cm³/mol. The summed E-state index contributed by atoms with van der Waals surface area (Å²) in [5.74, 6) is -1.04. The number of benzene rings is 1. The third kappa shape index (κ3) is 5.82. The maximum absolute atomic E-state index is 13.3. The van der Waals surface area contributed by atoms with E-state index in [0.717, 1.165) is 31.0 Å². The standard InChI is InChI=1S/C13H16F2N4O.HI/c14-9-3-4-10(15)11(7-9)19-13(16)18-6-5-17-12(20)8-1-2-8;/h3-4,7-8H,1-2,5-6H2,(H,17,20)(H3,16,18,19);1H. The Balaban J connectivity index is 0.00000220. The van der Waals surface area contributed by atoms with Crippen LogP contribution in [0.3, 0.4) is 0 Å². The molecule has 21 heavy (non-hydrogen) atoms. The Bertz CT molecular complexity index is 535. The molecule has 0 bridgehead atoms. The number of aliphatic imine (C=N–C) groups is 1. The van der Waals surface area contributed by atoms with Crippen molar-refractivity contribution in [3.8, 4) is 0 Å². The van der Waals surface area contributed by atoms with Crippen LogP contribution in [0.4, 0.5) is 14.5 Å². The van der Waals surface area contributed by atoms with Crippen LogP contribution in [-0.4, -0.2) is 25.0 Å².